The molecule has 0 atom stereocenters. The Hall–Kier alpha value is -2.78. The number of sulfonamides is 1. The second-order valence-electron chi connectivity index (χ2n) is 6.54. The van der Waals surface area contributed by atoms with Gasteiger partial charge in [-0.25, -0.2) is 17.2 Å². The lowest BCUT2D eigenvalue weighted by Gasteiger charge is -2.30. The van der Waals surface area contributed by atoms with Crippen LogP contribution in [0.15, 0.2) is 58.1 Å². The number of anilines is 2. The molecule has 0 spiro atoms. The van der Waals surface area contributed by atoms with Crippen LogP contribution in [0.4, 0.5) is 20.2 Å². The van der Waals surface area contributed by atoms with Crippen molar-refractivity contribution in [3.63, 3.8) is 0 Å². The van der Waals surface area contributed by atoms with E-state index in [0.717, 1.165) is 17.7 Å². The van der Waals surface area contributed by atoms with Crippen molar-refractivity contribution in [1.29, 1.82) is 0 Å². The van der Waals surface area contributed by atoms with Crippen molar-refractivity contribution in [1.82, 2.24) is 0 Å². The third-order valence-electron chi connectivity index (χ3n) is 4.63. The van der Waals surface area contributed by atoms with E-state index in [1.54, 1.807) is 35.7 Å². The van der Waals surface area contributed by atoms with E-state index in [9.17, 15) is 22.0 Å². The average Bonchev–Trinajstić information content (AvgIpc) is 3.25. The van der Waals surface area contributed by atoms with E-state index in [1.165, 1.54) is 21.7 Å². The number of fused-ring (bicyclic) bond motifs is 1. The lowest BCUT2D eigenvalue weighted by Crippen LogP contribution is -2.35. The molecule has 0 bridgehead atoms. The summed E-state index contributed by atoms with van der Waals surface area (Å²) in [6, 6.07) is 11.1. The van der Waals surface area contributed by atoms with Crippen molar-refractivity contribution < 1.29 is 22.0 Å². The maximum Gasteiger partial charge on any atom is 0.273 e. The third-order valence-corrected chi connectivity index (χ3v) is 7.82. The first-order valence-corrected chi connectivity index (χ1v) is 11.1. The molecular formula is C20H16F2N2O3S2. The van der Waals surface area contributed by atoms with Gasteiger partial charge in [0.15, 0.2) is 11.6 Å². The molecule has 150 valence electrons. The van der Waals surface area contributed by atoms with Gasteiger partial charge in [0, 0.05) is 17.8 Å². The molecule has 29 heavy (non-hydrogen) atoms. The second kappa shape index (κ2) is 7.57. The quantitative estimate of drug-likeness (QED) is 0.661. The number of nitrogens with zero attached hydrogens (tertiary/aromatic N) is 1. The number of hydrogen-bond acceptors (Lipinski definition) is 4. The van der Waals surface area contributed by atoms with Crippen LogP contribution in [-0.4, -0.2) is 20.9 Å². The molecular weight excluding hydrogens is 418 g/mol. The van der Waals surface area contributed by atoms with E-state index in [-0.39, 0.29) is 9.77 Å². The molecule has 2 aromatic carbocycles. The molecule has 0 saturated carbocycles. The van der Waals surface area contributed by atoms with Gasteiger partial charge in [-0.3, -0.25) is 9.10 Å². The molecule has 3 aromatic rings. The SMILES string of the molecule is O=C(Nc1ccc2c(c1)CCCN2S(=O)(=O)c1cccs1)c1ccc(F)c(F)c1. The Morgan fingerprint density at radius 3 is 2.62 bits per heavy atom. The maximum absolute atomic E-state index is 13.4. The summed E-state index contributed by atoms with van der Waals surface area (Å²) in [5.74, 6) is -2.71. The summed E-state index contributed by atoms with van der Waals surface area (Å²) in [6.07, 6.45) is 1.32. The fourth-order valence-corrected chi connectivity index (χ4v) is 5.90. The normalized spacial score (nSPS) is 13.8. The molecule has 0 aliphatic carbocycles. The van der Waals surface area contributed by atoms with E-state index in [0.29, 0.717) is 30.8 Å². The lowest BCUT2D eigenvalue weighted by atomic mass is 10.0. The van der Waals surface area contributed by atoms with E-state index in [4.69, 9.17) is 0 Å². The molecule has 1 amide bonds. The first-order valence-electron chi connectivity index (χ1n) is 8.82. The van der Waals surface area contributed by atoms with Gasteiger partial charge in [0.25, 0.3) is 15.9 Å². The van der Waals surface area contributed by atoms with Crippen molar-refractivity contribution in [2.75, 3.05) is 16.2 Å². The molecule has 0 fully saturated rings. The molecule has 2 heterocycles. The summed E-state index contributed by atoms with van der Waals surface area (Å²) >= 11 is 1.17. The predicted octanol–water partition coefficient (Wildman–Crippen LogP) is 4.42. The molecule has 4 rings (SSSR count). The lowest BCUT2D eigenvalue weighted by molar-refractivity contribution is 0.102. The highest BCUT2D eigenvalue weighted by Crippen LogP contribution is 2.34. The van der Waals surface area contributed by atoms with Gasteiger partial charge in [0.2, 0.25) is 0 Å². The Morgan fingerprint density at radius 1 is 1.07 bits per heavy atom. The highest BCUT2D eigenvalue weighted by atomic mass is 32.2. The average molecular weight is 434 g/mol. The summed E-state index contributed by atoms with van der Waals surface area (Å²) < 4.78 is 53.9. The van der Waals surface area contributed by atoms with Crippen molar-refractivity contribution in [3.8, 4) is 0 Å². The zero-order valence-electron chi connectivity index (χ0n) is 15.1. The number of benzene rings is 2. The van der Waals surface area contributed by atoms with Crippen LogP contribution >= 0.6 is 11.3 Å². The minimum absolute atomic E-state index is 0.0106. The number of carbonyl (C=O) groups excluding carboxylic acids is 1. The zero-order valence-corrected chi connectivity index (χ0v) is 16.7. The van der Waals surface area contributed by atoms with Crippen LogP contribution in [-0.2, 0) is 16.4 Å². The van der Waals surface area contributed by atoms with Gasteiger partial charge in [-0.1, -0.05) is 6.07 Å². The molecule has 5 nitrogen and oxygen atoms in total. The number of amides is 1. The van der Waals surface area contributed by atoms with E-state index in [1.807, 2.05) is 0 Å². The van der Waals surface area contributed by atoms with Gasteiger partial charge in [-0.05, 0) is 66.2 Å². The van der Waals surface area contributed by atoms with Crippen LogP contribution in [0.3, 0.4) is 0 Å². The Balaban J connectivity index is 1.60. The minimum Gasteiger partial charge on any atom is -0.322 e. The summed E-state index contributed by atoms with van der Waals surface area (Å²) in [4.78, 5) is 12.3. The summed E-state index contributed by atoms with van der Waals surface area (Å²) in [7, 11) is -3.63. The van der Waals surface area contributed by atoms with E-state index >= 15 is 0 Å². The Kier molecular flexibility index (Phi) is 5.10. The number of nitrogens with one attached hydrogen (secondary N) is 1. The van der Waals surface area contributed by atoms with Gasteiger partial charge in [0.1, 0.15) is 4.21 Å². The number of hydrogen-bond donors (Lipinski definition) is 1. The third kappa shape index (κ3) is 3.75. The topological polar surface area (TPSA) is 66.5 Å². The summed E-state index contributed by atoms with van der Waals surface area (Å²) in [5.41, 5.74) is 1.81. The standard InChI is InChI=1S/C20H16F2N2O3S2/c21-16-7-5-14(12-17(16)22)20(25)23-15-6-8-18-13(11-15)3-1-9-24(18)29(26,27)19-4-2-10-28-19/h2,4-8,10-12H,1,3,9H2,(H,23,25). The van der Waals surface area contributed by atoms with E-state index in [2.05, 4.69) is 5.32 Å². The Labute approximate surface area is 170 Å². The number of aryl methyl sites for hydroxylation is 1. The van der Waals surface area contributed by atoms with Gasteiger partial charge in [0.05, 0.1) is 5.69 Å². The molecule has 0 saturated heterocycles. The van der Waals surface area contributed by atoms with Crippen LogP contribution in [0.1, 0.15) is 22.3 Å². The summed E-state index contributed by atoms with van der Waals surface area (Å²) in [5, 5.41) is 4.36. The van der Waals surface area contributed by atoms with Crippen LogP contribution < -0.4 is 9.62 Å². The second-order valence-corrected chi connectivity index (χ2v) is 9.58. The van der Waals surface area contributed by atoms with Crippen molar-refractivity contribution in [2.45, 2.75) is 17.1 Å². The van der Waals surface area contributed by atoms with Crippen molar-refractivity contribution >= 4 is 38.6 Å². The highest BCUT2D eigenvalue weighted by molar-refractivity contribution is 7.94. The van der Waals surface area contributed by atoms with Crippen LogP contribution in [0.25, 0.3) is 0 Å². The smallest absolute Gasteiger partial charge is 0.273 e. The predicted molar refractivity (Wildman–Crippen MR) is 108 cm³/mol. The molecule has 1 N–H and O–H groups in total. The van der Waals surface area contributed by atoms with Crippen molar-refractivity contribution in [3.05, 3.63) is 76.7 Å². The Morgan fingerprint density at radius 2 is 1.90 bits per heavy atom. The zero-order chi connectivity index (χ0) is 20.6. The molecule has 0 unspecified atom stereocenters. The molecule has 1 aliphatic rings. The fourth-order valence-electron chi connectivity index (χ4n) is 3.25. The monoisotopic (exact) mass is 434 g/mol. The largest absolute Gasteiger partial charge is 0.322 e. The minimum atomic E-state index is -3.63. The molecule has 9 heteroatoms. The number of rotatable bonds is 4. The van der Waals surface area contributed by atoms with Crippen molar-refractivity contribution in [2.24, 2.45) is 0 Å². The van der Waals surface area contributed by atoms with Gasteiger partial charge in [-0.15, -0.1) is 11.3 Å². The van der Waals surface area contributed by atoms with Gasteiger partial charge in [-0.2, -0.15) is 0 Å². The van der Waals surface area contributed by atoms with E-state index < -0.39 is 27.6 Å². The maximum atomic E-state index is 13.4. The summed E-state index contributed by atoms with van der Waals surface area (Å²) in [6.45, 7) is 0.383. The number of carbonyl (C=O) groups is 1. The molecule has 1 aliphatic heterocycles. The molecule has 0 radical (unpaired) electrons. The van der Waals surface area contributed by atoms with Crippen LogP contribution in [0.2, 0.25) is 0 Å². The first-order chi connectivity index (χ1) is 13.9. The van der Waals surface area contributed by atoms with Gasteiger partial charge < -0.3 is 5.32 Å². The number of thiophene rings is 1. The first kappa shape index (κ1) is 19.5. The van der Waals surface area contributed by atoms with Crippen LogP contribution in [0.5, 0.6) is 0 Å². The van der Waals surface area contributed by atoms with Gasteiger partial charge >= 0.3 is 0 Å². The van der Waals surface area contributed by atoms with Crippen LogP contribution in [0, 0.1) is 11.6 Å². The highest BCUT2D eigenvalue weighted by Gasteiger charge is 2.30. The molecule has 1 aromatic heterocycles. The number of halogens is 2. The Bertz CT molecular complexity index is 1180. The fraction of sp³-hybridized carbons (Fsp3) is 0.150.